The fourth-order valence-corrected chi connectivity index (χ4v) is 2.46. The van der Waals surface area contributed by atoms with Crippen molar-refractivity contribution >= 4 is 0 Å². The van der Waals surface area contributed by atoms with Gasteiger partial charge in [0.05, 0.1) is 0 Å². The van der Waals surface area contributed by atoms with E-state index in [0.29, 0.717) is 24.7 Å². The summed E-state index contributed by atoms with van der Waals surface area (Å²) in [5.74, 6) is 1.29. The van der Waals surface area contributed by atoms with Crippen LogP contribution in [-0.4, -0.2) is 5.11 Å². The molecule has 0 bridgehead atoms. The highest BCUT2D eigenvalue weighted by Gasteiger charge is 2.12. The van der Waals surface area contributed by atoms with Crippen LogP contribution in [0.3, 0.4) is 0 Å². The summed E-state index contributed by atoms with van der Waals surface area (Å²) in [6.07, 6.45) is 0. The lowest BCUT2D eigenvalue weighted by molar-refractivity contribution is 0.274. The molecule has 0 aliphatic carbocycles. The van der Waals surface area contributed by atoms with Crippen LogP contribution < -0.4 is 9.47 Å². The van der Waals surface area contributed by atoms with Gasteiger partial charge in [-0.2, -0.15) is 0 Å². The summed E-state index contributed by atoms with van der Waals surface area (Å²) in [7, 11) is 0. The number of ether oxygens (including phenoxy) is 2. The van der Waals surface area contributed by atoms with Crippen molar-refractivity contribution in [1.82, 2.24) is 0 Å². The summed E-state index contributed by atoms with van der Waals surface area (Å²) in [5, 5.41) is 10.1. The van der Waals surface area contributed by atoms with Gasteiger partial charge in [-0.25, -0.2) is 0 Å². The van der Waals surface area contributed by atoms with Gasteiger partial charge in [-0.3, -0.25) is 0 Å². The molecule has 0 aromatic heterocycles. The Kier molecular flexibility index (Phi) is 5.02. The van der Waals surface area contributed by atoms with Crippen molar-refractivity contribution in [2.24, 2.45) is 0 Å². The van der Waals surface area contributed by atoms with E-state index in [1.165, 1.54) is 0 Å². The van der Waals surface area contributed by atoms with E-state index in [2.05, 4.69) is 0 Å². The van der Waals surface area contributed by atoms with E-state index in [-0.39, 0.29) is 5.75 Å². The summed E-state index contributed by atoms with van der Waals surface area (Å²) in [5.41, 5.74) is 2.94. The molecule has 3 rings (SSSR count). The Bertz CT molecular complexity index is 783. The number of phenolic OH excluding ortho intramolecular Hbond substituents is 1. The van der Waals surface area contributed by atoms with Gasteiger partial charge in [-0.1, -0.05) is 60.7 Å². The number of aromatic hydroxyl groups is 1. The summed E-state index contributed by atoms with van der Waals surface area (Å²) in [4.78, 5) is 0. The zero-order chi connectivity index (χ0) is 16.8. The average molecular weight is 320 g/mol. The van der Waals surface area contributed by atoms with Crippen molar-refractivity contribution in [3.05, 3.63) is 89.5 Å². The third-order valence-corrected chi connectivity index (χ3v) is 3.80. The van der Waals surface area contributed by atoms with Gasteiger partial charge in [0.25, 0.3) is 0 Å². The highest BCUT2D eigenvalue weighted by molar-refractivity contribution is 5.52. The van der Waals surface area contributed by atoms with Crippen molar-refractivity contribution in [1.29, 1.82) is 0 Å². The molecule has 3 aromatic carbocycles. The molecule has 0 unspecified atom stereocenters. The third kappa shape index (κ3) is 3.87. The second-order valence-corrected chi connectivity index (χ2v) is 5.59. The van der Waals surface area contributed by atoms with E-state index in [1.54, 1.807) is 12.1 Å². The molecule has 122 valence electrons. The lowest BCUT2D eigenvalue weighted by atomic mass is 10.1. The Labute approximate surface area is 142 Å². The van der Waals surface area contributed by atoms with Crippen LogP contribution in [-0.2, 0) is 13.2 Å². The van der Waals surface area contributed by atoms with Gasteiger partial charge in [0.2, 0.25) is 0 Å². The van der Waals surface area contributed by atoms with Gasteiger partial charge in [0.1, 0.15) is 19.0 Å². The predicted octanol–water partition coefficient (Wildman–Crippen LogP) is 4.86. The Hall–Kier alpha value is -2.94. The van der Waals surface area contributed by atoms with E-state index in [1.807, 2.05) is 67.6 Å². The smallest absolute Gasteiger partial charge is 0.168 e. The van der Waals surface area contributed by atoms with Crippen molar-refractivity contribution in [3.63, 3.8) is 0 Å². The van der Waals surface area contributed by atoms with Gasteiger partial charge in [-0.05, 0) is 30.2 Å². The van der Waals surface area contributed by atoms with E-state index in [0.717, 1.165) is 16.7 Å². The maximum atomic E-state index is 10.1. The molecule has 24 heavy (non-hydrogen) atoms. The molecule has 1 N–H and O–H groups in total. The van der Waals surface area contributed by atoms with E-state index in [9.17, 15) is 5.11 Å². The Morgan fingerprint density at radius 2 is 1.25 bits per heavy atom. The summed E-state index contributed by atoms with van der Waals surface area (Å²) in [6.45, 7) is 2.77. The first kappa shape index (κ1) is 15.9. The average Bonchev–Trinajstić information content (AvgIpc) is 2.63. The fourth-order valence-electron chi connectivity index (χ4n) is 2.46. The number of phenols is 1. The molecule has 0 heterocycles. The van der Waals surface area contributed by atoms with Crippen LogP contribution in [0, 0.1) is 6.92 Å². The van der Waals surface area contributed by atoms with E-state index in [4.69, 9.17) is 9.47 Å². The molecule has 3 nitrogen and oxygen atoms in total. The number of hydrogen-bond acceptors (Lipinski definition) is 3. The fraction of sp³-hybridized carbons (Fsp3) is 0.143. The highest BCUT2D eigenvalue weighted by Crippen LogP contribution is 2.36. The standard InChI is InChI=1S/C21H20O3/c1-16-20(23-14-17-8-4-2-5-9-17)13-12-19(22)21(16)24-15-18-10-6-3-7-11-18/h2-13,22H,14-15H2,1H3. The van der Waals surface area contributed by atoms with Crippen molar-refractivity contribution in [3.8, 4) is 17.2 Å². The number of benzene rings is 3. The second kappa shape index (κ2) is 7.55. The Balaban J connectivity index is 1.72. The maximum absolute atomic E-state index is 10.1. The molecule has 0 aliphatic heterocycles. The first-order valence-electron chi connectivity index (χ1n) is 7.90. The molecule has 0 spiro atoms. The lowest BCUT2D eigenvalue weighted by Gasteiger charge is -2.15. The van der Waals surface area contributed by atoms with Gasteiger partial charge in [0, 0.05) is 5.56 Å². The van der Waals surface area contributed by atoms with Crippen LogP contribution in [0.25, 0.3) is 0 Å². The molecule has 0 aliphatic rings. The molecule has 3 aromatic rings. The van der Waals surface area contributed by atoms with E-state index >= 15 is 0 Å². The maximum Gasteiger partial charge on any atom is 0.168 e. The summed E-state index contributed by atoms with van der Waals surface area (Å²) in [6, 6.07) is 23.2. The SMILES string of the molecule is Cc1c(OCc2ccccc2)ccc(O)c1OCc1ccccc1. The van der Waals surface area contributed by atoms with Crippen molar-refractivity contribution in [2.45, 2.75) is 20.1 Å². The van der Waals surface area contributed by atoms with Crippen LogP contribution in [0.1, 0.15) is 16.7 Å². The Morgan fingerprint density at radius 1 is 0.708 bits per heavy atom. The molecule has 0 saturated carbocycles. The topological polar surface area (TPSA) is 38.7 Å². The van der Waals surface area contributed by atoms with Crippen molar-refractivity contribution in [2.75, 3.05) is 0 Å². The minimum Gasteiger partial charge on any atom is -0.504 e. The van der Waals surface area contributed by atoms with Gasteiger partial charge in [-0.15, -0.1) is 0 Å². The first-order valence-corrected chi connectivity index (χ1v) is 7.90. The van der Waals surface area contributed by atoms with Crippen molar-refractivity contribution < 1.29 is 14.6 Å². The third-order valence-electron chi connectivity index (χ3n) is 3.80. The van der Waals surface area contributed by atoms with Gasteiger partial charge < -0.3 is 14.6 Å². The van der Waals surface area contributed by atoms with Crippen LogP contribution in [0.15, 0.2) is 72.8 Å². The summed E-state index contributed by atoms with van der Waals surface area (Å²) < 4.78 is 11.7. The van der Waals surface area contributed by atoms with Crippen LogP contribution in [0.5, 0.6) is 17.2 Å². The largest absolute Gasteiger partial charge is 0.504 e. The Morgan fingerprint density at radius 3 is 1.83 bits per heavy atom. The quantitative estimate of drug-likeness (QED) is 0.705. The molecule has 0 saturated heterocycles. The molecule has 0 fully saturated rings. The highest BCUT2D eigenvalue weighted by atomic mass is 16.5. The van der Waals surface area contributed by atoms with Crippen LogP contribution in [0.2, 0.25) is 0 Å². The van der Waals surface area contributed by atoms with E-state index < -0.39 is 0 Å². The first-order chi connectivity index (χ1) is 11.7. The van der Waals surface area contributed by atoms with Gasteiger partial charge in [0.15, 0.2) is 11.5 Å². The van der Waals surface area contributed by atoms with Crippen LogP contribution >= 0.6 is 0 Å². The molecular formula is C21H20O3. The normalized spacial score (nSPS) is 10.4. The minimum atomic E-state index is 0.121. The lowest BCUT2D eigenvalue weighted by Crippen LogP contribution is -2.01. The number of hydrogen-bond donors (Lipinski definition) is 1. The monoisotopic (exact) mass is 320 g/mol. The number of rotatable bonds is 6. The minimum absolute atomic E-state index is 0.121. The molecular weight excluding hydrogens is 300 g/mol. The molecule has 0 atom stereocenters. The zero-order valence-electron chi connectivity index (χ0n) is 13.6. The molecule has 0 radical (unpaired) electrons. The zero-order valence-corrected chi connectivity index (χ0v) is 13.6. The summed E-state index contributed by atoms with van der Waals surface area (Å²) >= 11 is 0. The van der Waals surface area contributed by atoms with Gasteiger partial charge >= 0.3 is 0 Å². The molecule has 3 heteroatoms. The molecule has 0 amide bonds. The second-order valence-electron chi connectivity index (χ2n) is 5.59. The van der Waals surface area contributed by atoms with Crippen LogP contribution in [0.4, 0.5) is 0 Å². The predicted molar refractivity (Wildman–Crippen MR) is 94.4 cm³/mol.